The number of carbonyl (C=O) groups excluding carboxylic acids is 1. The molecule has 138 valence electrons. The van der Waals surface area contributed by atoms with E-state index in [1.54, 1.807) is 30.3 Å². The lowest BCUT2D eigenvalue weighted by molar-refractivity contribution is -0.146. The first-order chi connectivity index (χ1) is 12.3. The highest BCUT2D eigenvalue weighted by Crippen LogP contribution is 2.35. The molecule has 1 aromatic carbocycles. The predicted octanol–water partition coefficient (Wildman–Crippen LogP) is 2.60. The van der Waals surface area contributed by atoms with Crippen molar-refractivity contribution in [2.45, 2.75) is 25.8 Å². The third-order valence-corrected chi connectivity index (χ3v) is 4.87. The van der Waals surface area contributed by atoms with Crippen LogP contribution in [0.15, 0.2) is 29.2 Å². The molecule has 0 radical (unpaired) electrons. The maximum Gasteiger partial charge on any atom is 0.326 e. The molecule has 1 atom stereocenters. The maximum absolute atomic E-state index is 12.6. The van der Waals surface area contributed by atoms with Crippen LogP contribution in [-0.4, -0.2) is 49.9 Å². The Morgan fingerprint density at radius 2 is 1.96 bits per heavy atom. The number of ether oxygens (including phenoxy) is 1. The van der Waals surface area contributed by atoms with Gasteiger partial charge in [-0.05, 0) is 37.1 Å². The molecule has 7 nitrogen and oxygen atoms in total. The largest absolute Gasteiger partial charge is 0.494 e. The molecule has 0 aliphatic carbocycles. The molecule has 26 heavy (non-hydrogen) atoms. The van der Waals surface area contributed by atoms with E-state index < -0.39 is 23.9 Å². The van der Waals surface area contributed by atoms with E-state index in [4.69, 9.17) is 22.1 Å². The lowest BCUT2D eigenvalue weighted by Crippen LogP contribution is -2.44. The van der Waals surface area contributed by atoms with Crippen LogP contribution in [0.2, 0.25) is 0 Å². The van der Waals surface area contributed by atoms with Crippen molar-refractivity contribution < 1.29 is 29.3 Å². The second-order valence-corrected chi connectivity index (χ2v) is 7.02. The van der Waals surface area contributed by atoms with Crippen molar-refractivity contribution in [3.05, 3.63) is 34.7 Å². The summed E-state index contributed by atoms with van der Waals surface area (Å²) in [6, 6.07) is 5.78. The molecule has 0 bridgehead atoms. The SMILES string of the molecule is CCOc1ccc(C=C2SC(=S)N(C(CCC(=O)O)C(=O)O)C2=O)cc1. The van der Waals surface area contributed by atoms with E-state index in [0.29, 0.717) is 17.3 Å². The van der Waals surface area contributed by atoms with Crippen LogP contribution in [0.3, 0.4) is 0 Å². The van der Waals surface area contributed by atoms with Gasteiger partial charge in [0, 0.05) is 6.42 Å². The minimum absolute atomic E-state index is 0.102. The zero-order valence-corrected chi connectivity index (χ0v) is 15.5. The van der Waals surface area contributed by atoms with Gasteiger partial charge >= 0.3 is 11.9 Å². The zero-order chi connectivity index (χ0) is 19.3. The highest BCUT2D eigenvalue weighted by Gasteiger charge is 2.40. The van der Waals surface area contributed by atoms with Crippen molar-refractivity contribution in [3.8, 4) is 5.75 Å². The molecule has 1 amide bonds. The Morgan fingerprint density at radius 1 is 1.31 bits per heavy atom. The molecule has 2 N–H and O–H groups in total. The summed E-state index contributed by atoms with van der Waals surface area (Å²) >= 11 is 6.14. The second-order valence-electron chi connectivity index (χ2n) is 5.34. The van der Waals surface area contributed by atoms with Crippen LogP contribution in [-0.2, 0) is 14.4 Å². The number of carboxylic acid groups (broad SMARTS) is 2. The monoisotopic (exact) mass is 395 g/mol. The van der Waals surface area contributed by atoms with Crippen LogP contribution in [0.1, 0.15) is 25.3 Å². The van der Waals surface area contributed by atoms with Crippen LogP contribution < -0.4 is 4.74 Å². The van der Waals surface area contributed by atoms with E-state index in [-0.39, 0.29) is 17.2 Å². The fraction of sp³-hybridized carbons (Fsp3) is 0.294. The second kappa shape index (κ2) is 8.81. The summed E-state index contributed by atoms with van der Waals surface area (Å²) in [6.07, 6.45) is 1.03. The first-order valence-corrected chi connectivity index (χ1v) is 9.00. The van der Waals surface area contributed by atoms with Gasteiger partial charge in [0.1, 0.15) is 16.1 Å². The third-order valence-electron chi connectivity index (χ3n) is 3.54. The van der Waals surface area contributed by atoms with Crippen LogP contribution in [0.4, 0.5) is 0 Å². The van der Waals surface area contributed by atoms with E-state index in [2.05, 4.69) is 0 Å². The Morgan fingerprint density at radius 3 is 2.50 bits per heavy atom. The fourth-order valence-electron chi connectivity index (χ4n) is 2.35. The van der Waals surface area contributed by atoms with Crippen LogP contribution in [0.25, 0.3) is 6.08 Å². The van der Waals surface area contributed by atoms with Crippen LogP contribution in [0.5, 0.6) is 5.75 Å². The number of benzene rings is 1. The average molecular weight is 395 g/mol. The Balaban J connectivity index is 2.20. The molecular weight excluding hydrogens is 378 g/mol. The number of carboxylic acids is 2. The average Bonchev–Trinajstić information content (AvgIpc) is 2.84. The number of nitrogens with zero attached hydrogens (tertiary/aromatic N) is 1. The quantitative estimate of drug-likeness (QED) is 0.511. The van der Waals surface area contributed by atoms with Gasteiger partial charge in [0.2, 0.25) is 0 Å². The summed E-state index contributed by atoms with van der Waals surface area (Å²) in [5.74, 6) is -2.25. The van der Waals surface area contributed by atoms with Gasteiger partial charge < -0.3 is 14.9 Å². The van der Waals surface area contributed by atoms with E-state index in [1.165, 1.54) is 0 Å². The van der Waals surface area contributed by atoms with Crippen LogP contribution >= 0.6 is 24.0 Å². The Bertz CT molecular complexity index is 759. The smallest absolute Gasteiger partial charge is 0.326 e. The van der Waals surface area contributed by atoms with Crippen molar-refractivity contribution >= 4 is 52.2 Å². The molecule has 0 aromatic heterocycles. The lowest BCUT2D eigenvalue weighted by atomic mass is 10.1. The van der Waals surface area contributed by atoms with Crippen molar-refractivity contribution in [2.24, 2.45) is 0 Å². The van der Waals surface area contributed by atoms with Gasteiger partial charge in [0.15, 0.2) is 0 Å². The van der Waals surface area contributed by atoms with Gasteiger partial charge in [-0.25, -0.2) is 4.79 Å². The molecule has 1 aromatic rings. The van der Waals surface area contributed by atoms with Crippen molar-refractivity contribution in [2.75, 3.05) is 6.61 Å². The van der Waals surface area contributed by atoms with Crippen LogP contribution in [0, 0.1) is 0 Å². The topological polar surface area (TPSA) is 104 Å². The molecule has 1 fully saturated rings. The number of rotatable bonds is 8. The lowest BCUT2D eigenvalue weighted by Gasteiger charge is -2.22. The summed E-state index contributed by atoms with van der Waals surface area (Å²) in [7, 11) is 0. The van der Waals surface area contributed by atoms with Gasteiger partial charge in [-0.2, -0.15) is 0 Å². The molecule has 0 spiro atoms. The Labute approximate surface area is 159 Å². The molecule has 1 aliphatic rings. The summed E-state index contributed by atoms with van der Waals surface area (Å²) in [4.78, 5) is 36.1. The van der Waals surface area contributed by atoms with Crippen molar-refractivity contribution in [1.29, 1.82) is 0 Å². The normalized spacial score (nSPS) is 16.8. The molecule has 1 unspecified atom stereocenters. The Hall–Kier alpha value is -2.39. The van der Waals surface area contributed by atoms with Gasteiger partial charge in [-0.3, -0.25) is 14.5 Å². The number of hydrogen-bond donors (Lipinski definition) is 2. The Kier molecular flexibility index (Phi) is 6.76. The number of thiocarbonyl (C=S) groups is 1. The predicted molar refractivity (Wildman–Crippen MR) is 101 cm³/mol. The van der Waals surface area contributed by atoms with Crippen molar-refractivity contribution in [3.63, 3.8) is 0 Å². The number of thioether (sulfide) groups is 1. The molecular formula is C17H17NO6S2. The molecule has 9 heteroatoms. The molecule has 0 saturated carbocycles. The van der Waals surface area contributed by atoms with E-state index in [0.717, 1.165) is 22.2 Å². The number of hydrogen-bond acceptors (Lipinski definition) is 6. The minimum Gasteiger partial charge on any atom is -0.494 e. The van der Waals surface area contributed by atoms with E-state index in [1.807, 2.05) is 6.92 Å². The maximum atomic E-state index is 12.6. The van der Waals surface area contributed by atoms with E-state index >= 15 is 0 Å². The van der Waals surface area contributed by atoms with Gasteiger partial charge in [0.05, 0.1) is 11.5 Å². The molecule has 2 rings (SSSR count). The standard InChI is InChI=1S/C17H17NO6S2/c1-2-24-11-5-3-10(4-6-11)9-13-15(21)18(17(25)26-13)12(16(22)23)7-8-14(19)20/h3-6,9,12H,2,7-8H2,1H3,(H,19,20)(H,22,23). The van der Waals surface area contributed by atoms with E-state index in [9.17, 15) is 19.5 Å². The van der Waals surface area contributed by atoms with Gasteiger partial charge in [-0.15, -0.1) is 0 Å². The highest BCUT2D eigenvalue weighted by atomic mass is 32.2. The summed E-state index contributed by atoms with van der Waals surface area (Å²) < 4.78 is 5.46. The summed E-state index contributed by atoms with van der Waals surface area (Å²) in [5, 5.41) is 18.1. The third kappa shape index (κ3) is 4.83. The van der Waals surface area contributed by atoms with Gasteiger partial charge in [-0.1, -0.05) is 36.1 Å². The number of amides is 1. The molecule has 1 saturated heterocycles. The number of carbonyl (C=O) groups is 3. The van der Waals surface area contributed by atoms with Gasteiger partial charge in [0.25, 0.3) is 5.91 Å². The zero-order valence-electron chi connectivity index (χ0n) is 13.9. The summed E-state index contributed by atoms with van der Waals surface area (Å²) in [6.45, 7) is 2.42. The highest BCUT2D eigenvalue weighted by molar-refractivity contribution is 8.26. The molecule has 1 aliphatic heterocycles. The minimum atomic E-state index is -1.30. The summed E-state index contributed by atoms with van der Waals surface area (Å²) in [5.41, 5.74) is 0.742. The fourth-order valence-corrected chi connectivity index (χ4v) is 3.71. The first-order valence-electron chi connectivity index (χ1n) is 7.78. The molecule has 1 heterocycles. The first kappa shape index (κ1) is 19.9. The number of aliphatic carboxylic acids is 2. The van der Waals surface area contributed by atoms with Crippen molar-refractivity contribution in [1.82, 2.24) is 4.90 Å².